The van der Waals surface area contributed by atoms with Crippen molar-refractivity contribution in [2.75, 3.05) is 6.54 Å². The van der Waals surface area contributed by atoms with Crippen molar-refractivity contribution >= 4 is 0 Å². The van der Waals surface area contributed by atoms with Crippen molar-refractivity contribution in [1.82, 2.24) is 9.88 Å². The summed E-state index contributed by atoms with van der Waals surface area (Å²) in [4.78, 5) is 6.92. The van der Waals surface area contributed by atoms with Gasteiger partial charge >= 0.3 is 0 Å². The third-order valence-electron chi connectivity index (χ3n) is 4.63. The molecule has 1 unspecified atom stereocenters. The first-order valence-electron chi connectivity index (χ1n) is 8.25. The van der Waals surface area contributed by atoms with Crippen LogP contribution in [-0.4, -0.2) is 27.6 Å². The number of nitrogens with zero attached hydrogens (tertiary/aromatic N) is 2. The summed E-state index contributed by atoms with van der Waals surface area (Å²) in [6.07, 6.45) is 6.85. The van der Waals surface area contributed by atoms with Gasteiger partial charge in [0.05, 0.1) is 5.69 Å². The van der Waals surface area contributed by atoms with E-state index in [9.17, 15) is 5.11 Å². The van der Waals surface area contributed by atoms with E-state index in [2.05, 4.69) is 22.9 Å². The minimum absolute atomic E-state index is 0.389. The standard InChI is InChI=1S/C19H24N2O/c1-2-17-7-4-6-12-21(17)14-16-13-15(9-10-19(16)22)18-8-3-5-11-20-18/h3,5,8-11,13,17,22H,2,4,6-7,12,14H2,1H3. The Morgan fingerprint density at radius 3 is 2.91 bits per heavy atom. The molecule has 1 aromatic carbocycles. The van der Waals surface area contributed by atoms with Gasteiger partial charge in [0.15, 0.2) is 0 Å². The van der Waals surface area contributed by atoms with E-state index >= 15 is 0 Å². The van der Waals surface area contributed by atoms with Crippen molar-refractivity contribution in [2.45, 2.75) is 45.2 Å². The molecule has 1 fully saturated rings. The smallest absolute Gasteiger partial charge is 0.120 e. The second-order valence-electron chi connectivity index (χ2n) is 6.09. The molecule has 0 radical (unpaired) electrons. The van der Waals surface area contributed by atoms with E-state index < -0.39 is 0 Å². The zero-order chi connectivity index (χ0) is 15.4. The van der Waals surface area contributed by atoms with Gasteiger partial charge in [0.1, 0.15) is 5.75 Å². The van der Waals surface area contributed by atoms with Crippen LogP contribution >= 0.6 is 0 Å². The maximum absolute atomic E-state index is 10.2. The Morgan fingerprint density at radius 1 is 1.23 bits per heavy atom. The molecule has 1 aliphatic rings. The summed E-state index contributed by atoms with van der Waals surface area (Å²) in [6, 6.07) is 12.4. The number of benzene rings is 1. The molecule has 2 aromatic rings. The number of pyridine rings is 1. The lowest BCUT2D eigenvalue weighted by atomic mass is 9.98. The summed E-state index contributed by atoms with van der Waals surface area (Å²) in [5.74, 6) is 0.389. The van der Waals surface area contributed by atoms with Crippen LogP contribution in [0.3, 0.4) is 0 Å². The van der Waals surface area contributed by atoms with Crippen LogP contribution in [0.25, 0.3) is 11.3 Å². The zero-order valence-electron chi connectivity index (χ0n) is 13.2. The van der Waals surface area contributed by atoms with E-state index in [0.29, 0.717) is 11.8 Å². The Bertz CT molecular complexity index is 612. The van der Waals surface area contributed by atoms with Crippen LogP contribution < -0.4 is 0 Å². The second kappa shape index (κ2) is 6.93. The summed E-state index contributed by atoms with van der Waals surface area (Å²) >= 11 is 0. The van der Waals surface area contributed by atoms with Gasteiger partial charge < -0.3 is 5.11 Å². The predicted octanol–water partition coefficient (Wildman–Crippen LogP) is 4.22. The third-order valence-corrected chi connectivity index (χ3v) is 4.63. The maximum Gasteiger partial charge on any atom is 0.120 e. The van der Waals surface area contributed by atoms with E-state index in [1.807, 2.05) is 24.3 Å². The van der Waals surface area contributed by atoms with Gasteiger partial charge in [0.2, 0.25) is 0 Å². The molecule has 0 amide bonds. The Labute approximate surface area is 132 Å². The summed E-state index contributed by atoms with van der Waals surface area (Å²) in [5, 5.41) is 10.2. The van der Waals surface area contributed by atoms with E-state index in [1.54, 1.807) is 12.3 Å². The van der Waals surface area contributed by atoms with Gasteiger partial charge in [-0.2, -0.15) is 0 Å². The summed E-state index contributed by atoms with van der Waals surface area (Å²) in [7, 11) is 0. The number of phenolic OH excluding ortho intramolecular Hbond substituents is 1. The monoisotopic (exact) mass is 296 g/mol. The lowest BCUT2D eigenvalue weighted by Crippen LogP contribution is -2.38. The predicted molar refractivity (Wildman–Crippen MR) is 89.7 cm³/mol. The highest BCUT2D eigenvalue weighted by Gasteiger charge is 2.21. The molecule has 0 spiro atoms. The highest BCUT2D eigenvalue weighted by molar-refractivity contribution is 5.61. The van der Waals surface area contributed by atoms with Crippen LogP contribution in [0.5, 0.6) is 5.75 Å². The summed E-state index contributed by atoms with van der Waals surface area (Å²) in [6.45, 7) is 4.21. The third kappa shape index (κ3) is 3.30. The lowest BCUT2D eigenvalue weighted by molar-refractivity contribution is 0.135. The van der Waals surface area contributed by atoms with E-state index in [-0.39, 0.29) is 0 Å². The van der Waals surface area contributed by atoms with Gasteiger partial charge in [-0.25, -0.2) is 0 Å². The second-order valence-corrected chi connectivity index (χ2v) is 6.09. The van der Waals surface area contributed by atoms with Gasteiger partial charge in [0.25, 0.3) is 0 Å². The van der Waals surface area contributed by atoms with Gasteiger partial charge in [-0.15, -0.1) is 0 Å². The molecule has 0 saturated carbocycles. The molecular formula is C19H24N2O. The molecule has 116 valence electrons. The first kappa shape index (κ1) is 15.0. The molecule has 2 heterocycles. The highest BCUT2D eigenvalue weighted by Crippen LogP contribution is 2.28. The van der Waals surface area contributed by atoms with Crippen LogP contribution in [0.1, 0.15) is 38.2 Å². The van der Waals surface area contributed by atoms with Gasteiger partial charge in [0, 0.05) is 29.9 Å². The number of rotatable bonds is 4. The normalized spacial score (nSPS) is 19.2. The number of hydrogen-bond acceptors (Lipinski definition) is 3. The van der Waals surface area contributed by atoms with Crippen LogP contribution in [-0.2, 0) is 6.54 Å². The number of aromatic nitrogens is 1. The molecule has 1 atom stereocenters. The lowest BCUT2D eigenvalue weighted by Gasteiger charge is -2.35. The quantitative estimate of drug-likeness (QED) is 0.917. The number of hydrogen-bond donors (Lipinski definition) is 1. The van der Waals surface area contributed by atoms with Crippen LogP contribution in [0.2, 0.25) is 0 Å². The molecular weight excluding hydrogens is 272 g/mol. The van der Waals surface area contributed by atoms with Crippen molar-refractivity contribution in [3.8, 4) is 17.0 Å². The molecule has 22 heavy (non-hydrogen) atoms. The first-order chi connectivity index (χ1) is 10.8. The zero-order valence-corrected chi connectivity index (χ0v) is 13.2. The molecule has 1 aromatic heterocycles. The van der Waals surface area contributed by atoms with E-state index in [0.717, 1.165) is 29.9 Å². The number of aromatic hydroxyl groups is 1. The van der Waals surface area contributed by atoms with Crippen molar-refractivity contribution in [3.05, 3.63) is 48.2 Å². The summed E-state index contributed by atoms with van der Waals surface area (Å²) in [5.41, 5.74) is 3.02. The molecule has 0 aliphatic carbocycles. The average molecular weight is 296 g/mol. The number of likely N-dealkylation sites (tertiary alicyclic amines) is 1. The van der Waals surface area contributed by atoms with Crippen molar-refractivity contribution in [3.63, 3.8) is 0 Å². The largest absolute Gasteiger partial charge is 0.508 e. The average Bonchev–Trinajstić information content (AvgIpc) is 2.58. The summed E-state index contributed by atoms with van der Waals surface area (Å²) < 4.78 is 0. The SMILES string of the molecule is CCC1CCCCN1Cc1cc(-c2ccccn2)ccc1O. The van der Waals surface area contributed by atoms with Crippen LogP contribution in [0.15, 0.2) is 42.6 Å². The van der Waals surface area contributed by atoms with Gasteiger partial charge in [-0.3, -0.25) is 9.88 Å². The maximum atomic E-state index is 10.2. The Morgan fingerprint density at radius 2 is 2.14 bits per heavy atom. The molecule has 3 heteroatoms. The van der Waals surface area contributed by atoms with Crippen molar-refractivity contribution < 1.29 is 5.11 Å². The number of piperidine rings is 1. The number of phenols is 1. The first-order valence-corrected chi connectivity index (χ1v) is 8.25. The fourth-order valence-electron chi connectivity index (χ4n) is 3.35. The van der Waals surface area contributed by atoms with E-state index in [4.69, 9.17) is 0 Å². The van der Waals surface area contributed by atoms with Crippen molar-refractivity contribution in [2.24, 2.45) is 0 Å². The topological polar surface area (TPSA) is 36.4 Å². The van der Waals surface area contributed by atoms with Gasteiger partial charge in [-0.05, 0) is 56.1 Å². The van der Waals surface area contributed by atoms with E-state index in [1.165, 1.54) is 25.7 Å². The molecule has 3 nitrogen and oxygen atoms in total. The molecule has 3 rings (SSSR count). The Balaban J connectivity index is 1.84. The Kier molecular flexibility index (Phi) is 4.74. The Hall–Kier alpha value is -1.87. The molecule has 1 aliphatic heterocycles. The minimum atomic E-state index is 0.389. The van der Waals surface area contributed by atoms with Gasteiger partial charge in [-0.1, -0.05) is 19.4 Å². The fourth-order valence-corrected chi connectivity index (χ4v) is 3.35. The molecule has 1 N–H and O–H groups in total. The minimum Gasteiger partial charge on any atom is -0.508 e. The van der Waals surface area contributed by atoms with Crippen LogP contribution in [0, 0.1) is 0 Å². The highest BCUT2D eigenvalue weighted by atomic mass is 16.3. The fraction of sp³-hybridized carbons (Fsp3) is 0.421. The van der Waals surface area contributed by atoms with Crippen molar-refractivity contribution in [1.29, 1.82) is 0 Å². The molecule has 1 saturated heterocycles. The van der Waals surface area contributed by atoms with Crippen LogP contribution in [0.4, 0.5) is 0 Å². The molecule has 0 bridgehead atoms.